The molecular formula is C14H24N2O. The Hall–Kier alpha value is -1.69. The first-order valence-electron chi connectivity index (χ1n) is 6.13. The van der Waals surface area contributed by atoms with Crippen LogP contribution in [0.4, 0.5) is 5.69 Å². The van der Waals surface area contributed by atoms with Crippen molar-refractivity contribution in [3.8, 4) is 11.8 Å². The van der Waals surface area contributed by atoms with Crippen LogP contribution >= 0.6 is 0 Å². The van der Waals surface area contributed by atoms with Crippen molar-refractivity contribution in [2.45, 2.75) is 34.6 Å². The molecule has 0 aromatic heterocycles. The molecule has 0 unspecified atom stereocenters. The summed E-state index contributed by atoms with van der Waals surface area (Å²) in [4.78, 5) is 0. The predicted octanol–water partition coefficient (Wildman–Crippen LogP) is 4.05. The molecule has 1 aromatic carbocycles. The number of nitrogens with one attached hydrogen (secondary N) is 1. The minimum absolute atomic E-state index is 0.612. The Morgan fingerprint density at radius 1 is 1.24 bits per heavy atom. The van der Waals surface area contributed by atoms with Crippen molar-refractivity contribution in [2.75, 3.05) is 19.0 Å². The average Bonchev–Trinajstić information content (AvgIpc) is 2.44. The Kier molecular flexibility index (Phi) is 12.9. The van der Waals surface area contributed by atoms with Crippen LogP contribution in [-0.4, -0.2) is 13.7 Å². The summed E-state index contributed by atoms with van der Waals surface area (Å²) in [5, 5.41) is 11.9. The van der Waals surface area contributed by atoms with Crippen molar-refractivity contribution in [3.05, 3.63) is 23.8 Å². The molecule has 0 atom stereocenters. The van der Waals surface area contributed by atoms with Gasteiger partial charge in [-0.1, -0.05) is 27.7 Å². The fourth-order valence-corrected chi connectivity index (χ4v) is 1.09. The molecule has 1 N–H and O–H groups in total. The third kappa shape index (κ3) is 6.47. The van der Waals surface area contributed by atoms with Crippen LogP contribution in [-0.2, 0) is 0 Å². The molecule has 96 valence electrons. The maximum atomic E-state index is 8.82. The summed E-state index contributed by atoms with van der Waals surface area (Å²) in [5.41, 5.74) is 1.46. The van der Waals surface area contributed by atoms with Crippen LogP contribution in [0.1, 0.15) is 40.2 Å². The largest absolute Gasteiger partial charge is 0.497 e. The minimum atomic E-state index is 0.612. The van der Waals surface area contributed by atoms with Crippen molar-refractivity contribution in [3.63, 3.8) is 0 Å². The lowest BCUT2D eigenvalue weighted by Gasteiger charge is -2.06. The zero-order valence-corrected chi connectivity index (χ0v) is 11.8. The molecule has 0 bridgehead atoms. The topological polar surface area (TPSA) is 45.0 Å². The zero-order valence-electron chi connectivity index (χ0n) is 11.8. The van der Waals surface area contributed by atoms with E-state index in [2.05, 4.69) is 11.4 Å². The van der Waals surface area contributed by atoms with Gasteiger partial charge < -0.3 is 10.1 Å². The number of methoxy groups -OCH3 is 1. The highest BCUT2D eigenvalue weighted by molar-refractivity contribution is 5.59. The number of nitrogens with zero attached hydrogens (tertiary/aromatic N) is 1. The van der Waals surface area contributed by atoms with Crippen LogP contribution in [0, 0.1) is 11.3 Å². The fraction of sp³-hybridized carbons (Fsp3) is 0.500. The quantitative estimate of drug-likeness (QED) is 0.861. The van der Waals surface area contributed by atoms with Crippen molar-refractivity contribution < 1.29 is 4.74 Å². The highest BCUT2D eigenvalue weighted by atomic mass is 16.5. The number of hydrogen-bond acceptors (Lipinski definition) is 3. The first-order valence-corrected chi connectivity index (χ1v) is 6.13. The van der Waals surface area contributed by atoms with Gasteiger partial charge in [0.05, 0.1) is 18.4 Å². The Morgan fingerprint density at radius 3 is 2.24 bits per heavy atom. The van der Waals surface area contributed by atoms with Crippen LogP contribution < -0.4 is 10.1 Å². The van der Waals surface area contributed by atoms with Gasteiger partial charge in [0.25, 0.3) is 0 Å². The summed E-state index contributed by atoms with van der Waals surface area (Å²) in [6.07, 6.45) is 0. The molecule has 0 saturated heterocycles. The van der Waals surface area contributed by atoms with Gasteiger partial charge in [-0.15, -0.1) is 0 Å². The van der Waals surface area contributed by atoms with E-state index in [4.69, 9.17) is 10.00 Å². The summed E-state index contributed by atoms with van der Waals surface area (Å²) < 4.78 is 5.01. The van der Waals surface area contributed by atoms with Crippen LogP contribution in [0.25, 0.3) is 0 Å². The smallest absolute Gasteiger partial charge is 0.120 e. The Balaban J connectivity index is 0. The summed E-state index contributed by atoms with van der Waals surface area (Å²) >= 11 is 0. The summed E-state index contributed by atoms with van der Waals surface area (Å²) in [6, 6.07) is 7.51. The van der Waals surface area contributed by atoms with E-state index in [1.54, 1.807) is 13.2 Å². The lowest BCUT2D eigenvalue weighted by Crippen LogP contribution is -1.99. The van der Waals surface area contributed by atoms with E-state index in [-0.39, 0.29) is 0 Å². The zero-order chi connectivity index (χ0) is 13.7. The number of hydrogen-bond donors (Lipinski definition) is 1. The molecule has 0 amide bonds. The molecule has 1 aromatic rings. The first kappa shape index (κ1) is 17.7. The van der Waals surface area contributed by atoms with E-state index in [0.717, 1.165) is 12.2 Å². The van der Waals surface area contributed by atoms with E-state index in [1.807, 2.05) is 46.8 Å². The van der Waals surface area contributed by atoms with Gasteiger partial charge >= 0.3 is 0 Å². The van der Waals surface area contributed by atoms with Gasteiger partial charge in [-0.25, -0.2) is 0 Å². The average molecular weight is 236 g/mol. The molecule has 3 heteroatoms. The van der Waals surface area contributed by atoms with Crippen molar-refractivity contribution in [1.29, 1.82) is 5.26 Å². The van der Waals surface area contributed by atoms with Gasteiger partial charge in [0, 0.05) is 6.54 Å². The van der Waals surface area contributed by atoms with E-state index >= 15 is 0 Å². The second-order valence-electron chi connectivity index (χ2n) is 2.55. The molecule has 0 heterocycles. The summed E-state index contributed by atoms with van der Waals surface area (Å²) in [7, 11) is 1.59. The highest BCUT2D eigenvalue weighted by Crippen LogP contribution is 2.20. The Bertz CT molecular complexity index is 329. The van der Waals surface area contributed by atoms with E-state index in [9.17, 15) is 0 Å². The molecule has 0 fully saturated rings. The number of rotatable bonds is 3. The van der Waals surface area contributed by atoms with Gasteiger partial charge in [0.15, 0.2) is 0 Å². The van der Waals surface area contributed by atoms with Crippen LogP contribution in [0.5, 0.6) is 5.75 Å². The standard InChI is InChI=1S/C10H12N2O.2C2H6/c1-3-12-10-5-4-9(13-2)6-8(10)7-11;2*1-2/h4-6,12H,3H2,1-2H3;2*1-2H3. The lowest BCUT2D eigenvalue weighted by molar-refractivity contribution is 0.414. The summed E-state index contributed by atoms with van der Waals surface area (Å²) in [5.74, 6) is 0.707. The molecule has 0 radical (unpaired) electrons. The number of nitriles is 1. The minimum Gasteiger partial charge on any atom is -0.497 e. The van der Waals surface area contributed by atoms with Gasteiger partial charge in [0.1, 0.15) is 11.8 Å². The SMILES string of the molecule is CC.CC.CCNc1ccc(OC)cc1C#N. The first-order chi connectivity index (χ1) is 8.31. The van der Waals surface area contributed by atoms with Crippen LogP contribution in [0.3, 0.4) is 0 Å². The normalized spacial score (nSPS) is 7.59. The Labute approximate surface area is 105 Å². The maximum Gasteiger partial charge on any atom is 0.120 e. The molecule has 0 aliphatic heterocycles. The highest BCUT2D eigenvalue weighted by Gasteiger charge is 2.01. The van der Waals surface area contributed by atoms with E-state index < -0.39 is 0 Å². The molecule has 0 aliphatic carbocycles. The third-order valence-corrected chi connectivity index (χ3v) is 1.71. The molecule has 0 aliphatic rings. The summed E-state index contributed by atoms with van der Waals surface area (Å²) in [6.45, 7) is 10.8. The van der Waals surface area contributed by atoms with Gasteiger partial charge in [0.2, 0.25) is 0 Å². The number of benzene rings is 1. The van der Waals surface area contributed by atoms with E-state index in [1.165, 1.54) is 0 Å². The number of anilines is 1. The number of ether oxygens (including phenoxy) is 1. The third-order valence-electron chi connectivity index (χ3n) is 1.71. The van der Waals surface area contributed by atoms with Crippen LogP contribution in [0.2, 0.25) is 0 Å². The van der Waals surface area contributed by atoms with Crippen molar-refractivity contribution in [1.82, 2.24) is 0 Å². The molecule has 0 saturated carbocycles. The van der Waals surface area contributed by atoms with Gasteiger partial charge in [-0.3, -0.25) is 0 Å². The fourth-order valence-electron chi connectivity index (χ4n) is 1.09. The van der Waals surface area contributed by atoms with Crippen molar-refractivity contribution >= 4 is 5.69 Å². The maximum absolute atomic E-state index is 8.82. The van der Waals surface area contributed by atoms with Crippen molar-refractivity contribution in [2.24, 2.45) is 0 Å². The van der Waals surface area contributed by atoms with Gasteiger partial charge in [-0.2, -0.15) is 5.26 Å². The van der Waals surface area contributed by atoms with Gasteiger partial charge in [-0.05, 0) is 25.1 Å². The van der Waals surface area contributed by atoms with Crippen LogP contribution in [0.15, 0.2) is 18.2 Å². The second-order valence-corrected chi connectivity index (χ2v) is 2.55. The Morgan fingerprint density at radius 2 is 1.82 bits per heavy atom. The predicted molar refractivity (Wildman–Crippen MR) is 74.6 cm³/mol. The molecule has 0 spiro atoms. The molecule has 17 heavy (non-hydrogen) atoms. The second kappa shape index (κ2) is 12.4. The van der Waals surface area contributed by atoms with E-state index in [0.29, 0.717) is 11.3 Å². The lowest BCUT2D eigenvalue weighted by atomic mass is 10.2. The molecule has 1 rings (SSSR count). The monoisotopic (exact) mass is 236 g/mol. The molecular weight excluding hydrogens is 212 g/mol. The molecule has 3 nitrogen and oxygen atoms in total.